The van der Waals surface area contributed by atoms with Gasteiger partial charge in [-0.1, -0.05) is 0 Å². The molecule has 1 N–H and O–H groups in total. The Morgan fingerprint density at radius 1 is 1.38 bits per heavy atom. The molecule has 0 bridgehead atoms. The highest BCUT2D eigenvalue weighted by molar-refractivity contribution is 7.89. The molecule has 0 fully saturated rings. The Bertz CT molecular complexity index is 338. The minimum absolute atomic E-state index is 0.520. The fourth-order valence-electron chi connectivity index (χ4n) is 0.900. The first kappa shape index (κ1) is 15.2. The summed E-state index contributed by atoms with van der Waals surface area (Å²) in [7, 11) is -2.91. The van der Waals surface area contributed by atoms with E-state index in [2.05, 4.69) is 0 Å². The molecule has 16 heavy (non-hydrogen) atoms. The number of alkyl halides is 3. The van der Waals surface area contributed by atoms with E-state index < -0.39 is 47.3 Å². The van der Waals surface area contributed by atoms with E-state index >= 15 is 0 Å². The quantitative estimate of drug-likeness (QED) is 0.764. The number of halogens is 3. The van der Waals surface area contributed by atoms with Crippen LogP contribution in [0.5, 0.6) is 0 Å². The van der Waals surface area contributed by atoms with E-state index in [4.69, 9.17) is 5.11 Å². The number of rotatable bonds is 6. The third-order valence-electron chi connectivity index (χ3n) is 1.70. The first-order chi connectivity index (χ1) is 7.04. The Morgan fingerprint density at radius 3 is 2.25 bits per heavy atom. The predicted octanol–water partition coefficient (Wildman–Crippen LogP) is 0.675. The maximum Gasteiger partial charge on any atom is 0.389 e. The van der Waals surface area contributed by atoms with E-state index in [0.717, 1.165) is 7.05 Å². The van der Waals surface area contributed by atoms with Gasteiger partial charge in [0.05, 0.1) is 5.75 Å². The second-order valence-corrected chi connectivity index (χ2v) is 5.38. The van der Waals surface area contributed by atoms with E-state index in [1.807, 2.05) is 0 Å². The van der Waals surface area contributed by atoms with Crippen LogP contribution in [-0.4, -0.2) is 49.3 Å². The van der Waals surface area contributed by atoms with Gasteiger partial charge in [0.2, 0.25) is 10.0 Å². The van der Waals surface area contributed by atoms with Crippen LogP contribution >= 0.6 is 0 Å². The molecule has 0 saturated heterocycles. The minimum atomic E-state index is -4.40. The van der Waals surface area contributed by atoms with Gasteiger partial charge in [-0.3, -0.25) is 4.79 Å². The van der Waals surface area contributed by atoms with E-state index in [-0.39, 0.29) is 0 Å². The Labute approximate surface area is 90.9 Å². The lowest BCUT2D eigenvalue weighted by molar-refractivity contribution is -0.137. The number of likely N-dealkylation sites (N-methyl/N-ethyl adjacent to an activating group) is 1. The van der Waals surface area contributed by atoms with Crippen molar-refractivity contribution in [1.82, 2.24) is 4.31 Å². The summed E-state index contributed by atoms with van der Waals surface area (Å²) in [4.78, 5) is 10.2. The van der Waals surface area contributed by atoms with Crippen LogP contribution in [0.3, 0.4) is 0 Å². The second-order valence-electron chi connectivity index (χ2n) is 3.18. The van der Waals surface area contributed by atoms with Crippen LogP contribution in [0.25, 0.3) is 0 Å². The fourth-order valence-corrected chi connectivity index (χ4v) is 2.03. The molecule has 0 radical (unpaired) electrons. The van der Waals surface area contributed by atoms with E-state index in [0.29, 0.717) is 4.31 Å². The molecule has 96 valence electrons. The third kappa shape index (κ3) is 6.62. The van der Waals surface area contributed by atoms with E-state index in [1.54, 1.807) is 0 Å². The highest BCUT2D eigenvalue weighted by Crippen LogP contribution is 2.21. The van der Waals surface area contributed by atoms with Gasteiger partial charge in [0, 0.05) is 13.5 Å². The molecule has 0 aromatic heterocycles. The zero-order valence-corrected chi connectivity index (χ0v) is 9.31. The van der Waals surface area contributed by atoms with Gasteiger partial charge in [-0.15, -0.1) is 0 Å². The summed E-state index contributed by atoms with van der Waals surface area (Å²) in [6.07, 6.45) is -6.18. The van der Waals surface area contributed by atoms with Crippen molar-refractivity contribution in [2.24, 2.45) is 0 Å². The number of nitrogens with zero attached hydrogens (tertiary/aromatic N) is 1. The van der Waals surface area contributed by atoms with E-state index in [9.17, 15) is 26.4 Å². The van der Waals surface area contributed by atoms with Crippen molar-refractivity contribution >= 4 is 16.0 Å². The van der Waals surface area contributed by atoms with E-state index in [1.165, 1.54) is 0 Å². The normalized spacial score (nSPS) is 13.1. The molecule has 0 aliphatic carbocycles. The van der Waals surface area contributed by atoms with Crippen molar-refractivity contribution < 1.29 is 31.5 Å². The van der Waals surface area contributed by atoms with Gasteiger partial charge in [0.25, 0.3) is 0 Å². The smallest absolute Gasteiger partial charge is 0.389 e. The molecule has 0 unspecified atom stereocenters. The summed E-state index contributed by atoms with van der Waals surface area (Å²) >= 11 is 0. The van der Waals surface area contributed by atoms with Gasteiger partial charge in [0.1, 0.15) is 6.54 Å². The molecule has 0 aromatic carbocycles. The van der Waals surface area contributed by atoms with Crippen molar-refractivity contribution in [2.75, 3.05) is 19.3 Å². The SMILES string of the molecule is CN(CC(=O)O)S(=O)(=O)CCCC(F)(F)F. The summed E-state index contributed by atoms with van der Waals surface area (Å²) in [6.45, 7) is -0.756. The van der Waals surface area contributed by atoms with Crippen molar-refractivity contribution in [3.63, 3.8) is 0 Å². The first-order valence-corrected chi connectivity index (χ1v) is 5.88. The molecule has 0 atom stereocenters. The zero-order valence-electron chi connectivity index (χ0n) is 8.49. The Balaban J connectivity index is 4.20. The van der Waals surface area contributed by atoms with Crippen molar-refractivity contribution in [2.45, 2.75) is 19.0 Å². The minimum Gasteiger partial charge on any atom is -0.480 e. The summed E-state index contributed by atoms with van der Waals surface area (Å²) in [5.41, 5.74) is 0. The standard InChI is InChI=1S/C7H12F3NO4S/c1-11(5-6(12)13)16(14,15)4-2-3-7(8,9)10/h2-5H2,1H3,(H,12,13). The molecule has 0 aliphatic rings. The van der Waals surface area contributed by atoms with Crippen LogP contribution in [-0.2, 0) is 14.8 Å². The van der Waals surface area contributed by atoms with Crippen molar-refractivity contribution in [1.29, 1.82) is 0 Å². The number of sulfonamides is 1. The van der Waals surface area contributed by atoms with Crippen LogP contribution in [0.4, 0.5) is 13.2 Å². The highest BCUT2D eigenvalue weighted by atomic mass is 32.2. The predicted molar refractivity (Wildman–Crippen MR) is 49.3 cm³/mol. The summed E-state index contributed by atoms with van der Waals surface area (Å²) in [5, 5.41) is 8.32. The molecular formula is C7H12F3NO4S. The molecule has 0 spiro atoms. The molecule has 0 aliphatic heterocycles. The molecular weight excluding hydrogens is 251 g/mol. The van der Waals surface area contributed by atoms with Crippen LogP contribution in [0.1, 0.15) is 12.8 Å². The molecule has 0 heterocycles. The van der Waals surface area contributed by atoms with Crippen LogP contribution < -0.4 is 0 Å². The topological polar surface area (TPSA) is 74.7 Å². The van der Waals surface area contributed by atoms with Gasteiger partial charge in [-0.05, 0) is 6.42 Å². The Morgan fingerprint density at radius 2 is 1.88 bits per heavy atom. The molecule has 0 amide bonds. The second kappa shape index (κ2) is 5.48. The molecule has 0 rings (SSSR count). The maximum atomic E-state index is 11.7. The molecule has 9 heteroatoms. The number of carboxylic acids is 1. The Kier molecular flexibility index (Phi) is 5.20. The monoisotopic (exact) mass is 263 g/mol. The summed E-state index contributed by atoms with van der Waals surface area (Å²) in [6, 6.07) is 0. The van der Waals surface area contributed by atoms with Gasteiger partial charge in [0.15, 0.2) is 0 Å². The highest BCUT2D eigenvalue weighted by Gasteiger charge is 2.28. The average Bonchev–Trinajstić information content (AvgIpc) is 1.99. The number of carboxylic acid groups (broad SMARTS) is 1. The summed E-state index contributed by atoms with van der Waals surface area (Å²) < 4.78 is 58.2. The van der Waals surface area contributed by atoms with Crippen LogP contribution in [0.15, 0.2) is 0 Å². The Hall–Kier alpha value is -0.830. The summed E-state index contributed by atoms with van der Waals surface area (Å²) in [5.74, 6) is -2.07. The number of aliphatic carboxylic acids is 1. The largest absolute Gasteiger partial charge is 0.480 e. The number of hydrogen-bond donors (Lipinski definition) is 1. The molecule has 0 aromatic rings. The van der Waals surface area contributed by atoms with Gasteiger partial charge in [-0.25, -0.2) is 8.42 Å². The van der Waals surface area contributed by atoms with Gasteiger partial charge >= 0.3 is 12.1 Å². The molecule has 0 saturated carbocycles. The lowest BCUT2D eigenvalue weighted by Gasteiger charge is -2.14. The molecule has 5 nitrogen and oxygen atoms in total. The first-order valence-electron chi connectivity index (χ1n) is 4.27. The third-order valence-corrected chi connectivity index (χ3v) is 3.58. The number of hydrogen-bond acceptors (Lipinski definition) is 3. The van der Waals surface area contributed by atoms with Gasteiger partial charge in [-0.2, -0.15) is 17.5 Å². The zero-order chi connectivity index (χ0) is 13.0. The van der Waals surface area contributed by atoms with Crippen LogP contribution in [0.2, 0.25) is 0 Å². The maximum absolute atomic E-state index is 11.7. The fraction of sp³-hybridized carbons (Fsp3) is 0.857. The van der Waals surface area contributed by atoms with Gasteiger partial charge < -0.3 is 5.11 Å². The van der Waals surface area contributed by atoms with Crippen molar-refractivity contribution in [3.05, 3.63) is 0 Å². The average molecular weight is 263 g/mol. The number of carbonyl (C=O) groups is 1. The lowest BCUT2D eigenvalue weighted by Crippen LogP contribution is -2.34. The van der Waals surface area contributed by atoms with Crippen molar-refractivity contribution in [3.8, 4) is 0 Å². The van der Waals surface area contributed by atoms with Crippen LogP contribution in [0, 0.1) is 0 Å². The lowest BCUT2D eigenvalue weighted by atomic mass is 10.3.